The van der Waals surface area contributed by atoms with E-state index in [1.54, 1.807) is 0 Å². The summed E-state index contributed by atoms with van der Waals surface area (Å²) in [7, 11) is 1.96. The number of guanidine groups is 1. The smallest absolute Gasteiger partial charge is 0.191 e. The monoisotopic (exact) mass is 490 g/mol. The normalized spacial score (nSPS) is 11.2. The van der Waals surface area contributed by atoms with Crippen molar-refractivity contribution in [1.82, 2.24) is 25.4 Å². The molecule has 0 unspecified atom stereocenters. The minimum atomic E-state index is 0. The maximum Gasteiger partial charge on any atom is 0.191 e. The van der Waals surface area contributed by atoms with Crippen LogP contribution in [0.2, 0.25) is 5.02 Å². The van der Waals surface area contributed by atoms with Crippen LogP contribution in [0.15, 0.2) is 29.3 Å². The van der Waals surface area contributed by atoms with Crippen LogP contribution in [0.4, 0.5) is 0 Å². The van der Waals surface area contributed by atoms with Gasteiger partial charge >= 0.3 is 0 Å². The van der Waals surface area contributed by atoms with E-state index in [1.165, 1.54) is 5.56 Å². The molecular formula is C18H28ClIN6. The first-order chi connectivity index (χ1) is 12.1. The van der Waals surface area contributed by atoms with E-state index in [0.29, 0.717) is 6.54 Å². The Hall–Kier alpha value is -1.35. The van der Waals surface area contributed by atoms with Gasteiger partial charge in [0.15, 0.2) is 11.8 Å². The fourth-order valence-corrected chi connectivity index (χ4v) is 2.40. The molecule has 1 aromatic carbocycles. The first-order valence-electron chi connectivity index (χ1n) is 8.71. The Morgan fingerprint density at radius 2 is 1.85 bits per heavy atom. The third-order valence-corrected chi connectivity index (χ3v) is 4.26. The zero-order valence-corrected chi connectivity index (χ0v) is 18.7. The number of nitrogens with one attached hydrogen (secondary N) is 2. The van der Waals surface area contributed by atoms with E-state index in [1.807, 2.05) is 42.8 Å². The first-order valence-corrected chi connectivity index (χ1v) is 9.09. The van der Waals surface area contributed by atoms with Gasteiger partial charge in [0.1, 0.15) is 12.4 Å². The number of aliphatic imine (C=N–C) groups is 1. The highest BCUT2D eigenvalue weighted by molar-refractivity contribution is 14.0. The molecule has 0 saturated carbocycles. The summed E-state index contributed by atoms with van der Waals surface area (Å²) < 4.78 is 1.96. The molecule has 0 aliphatic heterocycles. The SMILES string of the molecule is CCCCNC(=NCc1nnc(C)n1C)NCCc1ccc(Cl)cc1.I. The Morgan fingerprint density at radius 1 is 1.15 bits per heavy atom. The van der Waals surface area contributed by atoms with Crippen LogP contribution in [0.25, 0.3) is 0 Å². The van der Waals surface area contributed by atoms with Crippen LogP contribution in [0.5, 0.6) is 0 Å². The third kappa shape index (κ3) is 7.49. The predicted molar refractivity (Wildman–Crippen MR) is 118 cm³/mol. The largest absolute Gasteiger partial charge is 0.356 e. The molecule has 0 aliphatic rings. The zero-order chi connectivity index (χ0) is 18.1. The summed E-state index contributed by atoms with van der Waals surface area (Å²) >= 11 is 5.92. The molecule has 0 atom stereocenters. The standard InChI is InChI=1S/C18H27ClN6.HI/c1-4-5-11-20-18(22-13-17-24-23-14(2)25(17)3)21-12-10-15-6-8-16(19)9-7-15;/h6-9H,4-5,10-13H2,1-3H3,(H2,20,21,22);1H. The molecule has 0 spiro atoms. The van der Waals surface area contributed by atoms with Crippen molar-refractivity contribution in [3.8, 4) is 0 Å². The lowest BCUT2D eigenvalue weighted by atomic mass is 10.1. The van der Waals surface area contributed by atoms with E-state index in [4.69, 9.17) is 11.6 Å². The van der Waals surface area contributed by atoms with E-state index >= 15 is 0 Å². The van der Waals surface area contributed by atoms with Gasteiger partial charge in [0, 0.05) is 25.2 Å². The number of aromatic nitrogens is 3. The third-order valence-electron chi connectivity index (χ3n) is 4.00. The van der Waals surface area contributed by atoms with Crippen molar-refractivity contribution in [2.24, 2.45) is 12.0 Å². The topological polar surface area (TPSA) is 67.1 Å². The van der Waals surface area contributed by atoms with Gasteiger partial charge in [0.05, 0.1) is 0 Å². The lowest BCUT2D eigenvalue weighted by molar-refractivity contribution is 0.714. The van der Waals surface area contributed by atoms with E-state index in [-0.39, 0.29) is 24.0 Å². The van der Waals surface area contributed by atoms with Crippen LogP contribution in [-0.2, 0) is 20.0 Å². The van der Waals surface area contributed by atoms with Crippen molar-refractivity contribution >= 4 is 41.5 Å². The summed E-state index contributed by atoms with van der Waals surface area (Å²) in [5.74, 6) is 2.55. The van der Waals surface area contributed by atoms with E-state index in [2.05, 4.69) is 32.7 Å². The van der Waals surface area contributed by atoms with Gasteiger partial charge in [0.25, 0.3) is 0 Å². The lowest BCUT2D eigenvalue weighted by Gasteiger charge is -2.12. The summed E-state index contributed by atoms with van der Waals surface area (Å²) in [5, 5.41) is 15.8. The van der Waals surface area contributed by atoms with Crippen molar-refractivity contribution in [2.45, 2.75) is 39.7 Å². The Labute approximate surface area is 177 Å². The molecule has 0 bridgehead atoms. The van der Waals surface area contributed by atoms with E-state index in [9.17, 15) is 0 Å². The molecule has 144 valence electrons. The number of nitrogens with zero attached hydrogens (tertiary/aromatic N) is 4. The molecule has 1 aromatic heterocycles. The molecule has 0 radical (unpaired) electrons. The van der Waals surface area contributed by atoms with E-state index in [0.717, 1.165) is 55.0 Å². The Morgan fingerprint density at radius 3 is 2.46 bits per heavy atom. The van der Waals surface area contributed by atoms with Crippen LogP contribution in [-0.4, -0.2) is 33.8 Å². The van der Waals surface area contributed by atoms with Crippen LogP contribution < -0.4 is 10.6 Å². The summed E-state index contributed by atoms with van der Waals surface area (Å²) in [4.78, 5) is 4.64. The number of benzene rings is 1. The van der Waals surface area contributed by atoms with Crippen molar-refractivity contribution in [1.29, 1.82) is 0 Å². The minimum Gasteiger partial charge on any atom is -0.356 e. The summed E-state index contributed by atoms with van der Waals surface area (Å²) in [5.41, 5.74) is 1.24. The number of rotatable bonds is 8. The first kappa shape index (κ1) is 22.7. The predicted octanol–water partition coefficient (Wildman–Crippen LogP) is 3.47. The molecule has 26 heavy (non-hydrogen) atoms. The minimum absolute atomic E-state index is 0. The average molecular weight is 491 g/mol. The van der Waals surface area contributed by atoms with Gasteiger partial charge in [-0.05, 0) is 37.5 Å². The fourth-order valence-electron chi connectivity index (χ4n) is 2.27. The molecular weight excluding hydrogens is 463 g/mol. The van der Waals surface area contributed by atoms with Crippen molar-refractivity contribution < 1.29 is 0 Å². The second-order valence-corrected chi connectivity index (χ2v) is 6.41. The average Bonchev–Trinajstić information content (AvgIpc) is 2.93. The molecule has 8 heteroatoms. The van der Waals surface area contributed by atoms with Gasteiger partial charge in [-0.2, -0.15) is 0 Å². The number of aryl methyl sites for hydroxylation is 1. The maximum absolute atomic E-state index is 5.92. The molecule has 2 rings (SSSR count). The van der Waals surface area contributed by atoms with Gasteiger partial charge in [-0.3, -0.25) is 0 Å². The van der Waals surface area contributed by atoms with Crippen LogP contribution in [0.3, 0.4) is 0 Å². The van der Waals surface area contributed by atoms with Crippen LogP contribution in [0, 0.1) is 6.92 Å². The molecule has 0 saturated heterocycles. The molecule has 2 N–H and O–H groups in total. The van der Waals surface area contributed by atoms with Gasteiger partial charge in [-0.25, -0.2) is 4.99 Å². The molecule has 0 amide bonds. The molecule has 1 heterocycles. The summed E-state index contributed by atoms with van der Waals surface area (Å²) in [6.45, 7) is 6.32. The van der Waals surface area contributed by atoms with Gasteiger partial charge in [-0.15, -0.1) is 34.2 Å². The fraction of sp³-hybridized carbons (Fsp3) is 0.500. The maximum atomic E-state index is 5.92. The zero-order valence-electron chi connectivity index (χ0n) is 15.6. The van der Waals surface area contributed by atoms with Gasteiger partial charge in [0.2, 0.25) is 0 Å². The second-order valence-electron chi connectivity index (χ2n) is 5.97. The molecule has 6 nitrogen and oxygen atoms in total. The summed E-state index contributed by atoms with van der Waals surface area (Å²) in [6, 6.07) is 7.94. The van der Waals surface area contributed by atoms with Gasteiger partial charge < -0.3 is 15.2 Å². The number of halogens is 2. The van der Waals surface area contributed by atoms with Crippen molar-refractivity contribution in [2.75, 3.05) is 13.1 Å². The lowest BCUT2D eigenvalue weighted by Crippen LogP contribution is -2.39. The quantitative estimate of drug-likeness (QED) is 0.257. The molecule has 0 aliphatic carbocycles. The Bertz CT molecular complexity index is 683. The number of hydrogen-bond donors (Lipinski definition) is 2. The highest BCUT2D eigenvalue weighted by Crippen LogP contribution is 2.09. The second kappa shape index (κ2) is 12.1. The molecule has 0 fully saturated rings. The Balaban J connectivity index is 0.00000338. The Kier molecular flexibility index (Phi) is 10.6. The highest BCUT2D eigenvalue weighted by atomic mass is 127. The van der Waals surface area contributed by atoms with Crippen molar-refractivity contribution in [3.63, 3.8) is 0 Å². The number of unbranched alkanes of at least 4 members (excludes halogenated alkanes) is 1. The van der Waals surface area contributed by atoms with Crippen LogP contribution >= 0.6 is 35.6 Å². The van der Waals surface area contributed by atoms with E-state index < -0.39 is 0 Å². The van der Waals surface area contributed by atoms with Gasteiger partial charge in [-0.1, -0.05) is 37.1 Å². The highest BCUT2D eigenvalue weighted by Gasteiger charge is 2.05. The summed E-state index contributed by atoms with van der Waals surface area (Å²) in [6.07, 6.45) is 3.17. The van der Waals surface area contributed by atoms with Crippen molar-refractivity contribution in [3.05, 3.63) is 46.5 Å². The molecule has 2 aromatic rings. The van der Waals surface area contributed by atoms with Crippen LogP contribution in [0.1, 0.15) is 37.0 Å². The number of hydrogen-bond acceptors (Lipinski definition) is 3.